The van der Waals surface area contributed by atoms with E-state index in [4.69, 9.17) is 4.42 Å². The van der Waals surface area contributed by atoms with Gasteiger partial charge in [-0.25, -0.2) is 0 Å². The third kappa shape index (κ3) is 4.36. The maximum atomic E-state index is 6.26. The van der Waals surface area contributed by atoms with E-state index in [2.05, 4.69) is 146 Å². The van der Waals surface area contributed by atoms with Gasteiger partial charge in [0, 0.05) is 16.3 Å². The summed E-state index contributed by atoms with van der Waals surface area (Å²) in [6, 6.07) is 56.5. The summed E-state index contributed by atoms with van der Waals surface area (Å²) in [6.07, 6.45) is 0.898. The van der Waals surface area contributed by atoms with Crippen molar-refractivity contribution in [2.45, 2.75) is 6.42 Å². The van der Waals surface area contributed by atoms with Crippen molar-refractivity contribution in [1.82, 2.24) is 0 Å². The molecule has 0 amide bonds. The zero-order valence-corrected chi connectivity index (χ0v) is 23.1. The molecule has 0 saturated heterocycles. The number of benzene rings is 7. The van der Waals surface area contributed by atoms with Crippen molar-refractivity contribution in [1.29, 1.82) is 0 Å². The van der Waals surface area contributed by atoms with Gasteiger partial charge in [0.05, 0.1) is 0 Å². The topological polar surface area (TPSA) is 13.1 Å². The van der Waals surface area contributed by atoms with Crippen LogP contribution in [0.15, 0.2) is 162 Å². The average molecular weight is 537 g/mol. The van der Waals surface area contributed by atoms with Crippen molar-refractivity contribution < 1.29 is 4.42 Å². The summed E-state index contributed by atoms with van der Waals surface area (Å²) in [5.74, 6) is 0. The zero-order valence-electron chi connectivity index (χ0n) is 23.1. The van der Waals surface area contributed by atoms with E-state index in [0.29, 0.717) is 0 Å². The van der Waals surface area contributed by atoms with Gasteiger partial charge in [-0.05, 0) is 62.2 Å². The van der Waals surface area contributed by atoms with Crippen molar-refractivity contribution >= 4 is 32.7 Å². The molecular formula is C41H28O. The second kappa shape index (κ2) is 10.2. The molecule has 8 aromatic rings. The molecule has 1 heteroatoms. The van der Waals surface area contributed by atoms with E-state index in [1.807, 2.05) is 12.1 Å². The Balaban J connectivity index is 1.00. The highest BCUT2D eigenvalue weighted by molar-refractivity contribution is 6.09. The summed E-state index contributed by atoms with van der Waals surface area (Å²) < 4.78 is 6.26. The smallest absolute Gasteiger partial charge is 0.143 e. The van der Waals surface area contributed by atoms with Crippen LogP contribution in [0.2, 0.25) is 0 Å². The van der Waals surface area contributed by atoms with E-state index >= 15 is 0 Å². The highest BCUT2D eigenvalue weighted by atomic mass is 16.3. The standard InChI is InChI=1S/C41H28O/c1-2-9-35-32(7-1)8-5-11-36(35)33-25-23-31(24-26-33)30-19-15-28(16-20-30)27-29-17-21-34(22-18-29)37-12-6-13-39-38-10-3-4-14-40(38)42-41(37)39/h1-26H,27H2. The van der Waals surface area contributed by atoms with Crippen LogP contribution in [0.4, 0.5) is 0 Å². The molecule has 1 nitrogen and oxygen atoms in total. The second-order valence-electron chi connectivity index (χ2n) is 11.0. The fourth-order valence-electron chi connectivity index (χ4n) is 6.15. The van der Waals surface area contributed by atoms with Gasteiger partial charge in [-0.3, -0.25) is 0 Å². The first kappa shape index (κ1) is 24.4. The molecule has 0 atom stereocenters. The van der Waals surface area contributed by atoms with Crippen molar-refractivity contribution in [2.24, 2.45) is 0 Å². The maximum Gasteiger partial charge on any atom is 0.143 e. The van der Waals surface area contributed by atoms with Gasteiger partial charge in [0.2, 0.25) is 0 Å². The van der Waals surface area contributed by atoms with E-state index in [0.717, 1.165) is 33.9 Å². The maximum absolute atomic E-state index is 6.26. The summed E-state index contributed by atoms with van der Waals surface area (Å²) in [6.45, 7) is 0. The normalized spacial score (nSPS) is 11.4. The molecule has 0 N–H and O–H groups in total. The summed E-state index contributed by atoms with van der Waals surface area (Å²) >= 11 is 0. The van der Waals surface area contributed by atoms with Crippen LogP contribution in [0.5, 0.6) is 0 Å². The van der Waals surface area contributed by atoms with Crippen molar-refractivity contribution in [3.8, 4) is 33.4 Å². The molecule has 42 heavy (non-hydrogen) atoms. The van der Waals surface area contributed by atoms with E-state index in [-0.39, 0.29) is 0 Å². The summed E-state index contributed by atoms with van der Waals surface area (Å²) in [7, 11) is 0. The molecule has 0 spiro atoms. The van der Waals surface area contributed by atoms with E-state index in [1.165, 1.54) is 49.7 Å². The second-order valence-corrected chi connectivity index (χ2v) is 11.0. The highest BCUT2D eigenvalue weighted by Crippen LogP contribution is 2.36. The SMILES string of the molecule is c1ccc2c(-c3ccc(-c4ccc(Cc5ccc(-c6cccc7c6oc6ccccc67)cc5)cc4)cc3)cccc2c1. The highest BCUT2D eigenvalue weighted by Gasteiger charge is 2.12. The van der Waals surface area contributed by atoms with Crippen LogP contribution in [0.1, 0.15) is 11.1 Å². The fourth-order valence-corrected chi connectivity index (χ4v) is 6.15. The van der Waals surface area contributed by atoms with Crippen LogP contribution in [-0.4, -0.2) is 0 Å². The van der Waals surface area contributed by atoms with E-state index < -0.39 is 0 Å². The Bertz CT molecular complexity index is 2180. The molecule has 1 heterocycles. The van der Waals surface area contributed by atoms with Gasteiger partial charge in [0.25, 0.3) is 0 Å². The largest absolute Gasteiger partial charge is 0.455 e. The molecule has 0 aliphatic rings. The quantitative estimate of drug-likeness (QED) is 0.213. The molecule has 8 rings (SSSR count). The third-order valence-electron chi connectivity index (χ3n) is 8.35. The fraction of sp³-hybridized carbons (Fsp3) is 0.0244. The molecule has 0 aliphatic heterocycles. The molecular weight excluding hydrogens is 508 g/mol. The molecule has 0 bridgehead atoms. The predicted molar refractivity (Wildman–Crippen MR) is 177 cm³/mol. The Morgan fingerprint density at radius 2 is 0.857 bits per heavy atom. The Kier molecular flexibility index (Phi) is 5.93. The number of hydrogen-bond donors (Lipinski definition) is 0. The monoisotopic (exact) mass is 536 g/mol. The molecule has 7 aromatic carbocycles. The first-order chi connectivity index (χ1) is 20.8. The molecule has 0 aliphatic carbocycles. The van der Waals surface area contributed by atoms with Gasteiger partial charge in [0.15, 0.2) is 0 Å². The Hall–Kier alpha value is -5.40. The van der Waals surface area contributed by atoms with Gasteiger partial charge in [-0.1, -0.05) is 152 Å². The summed E-state index contributed by atoms with van der Waals surface area (Å²) in [5.41, 5.74) is 11.8. The number of hydrogen-bond acceptors (Lipinski definition) is 1. The van der Waals surface area contributed by atoms with Gasteiger partial charge < -0.3 is 4.42 Å². The molecule has 198 valence electrons. The molecule has 0 unspecified atom stereocenters. The number of furan rings is 1. The lowest BCUT2D eigenvalue weighted by molar-refractivity contribution is 0.670. The first-order valence-corrected chi connectivity index (χ1v) is 14.5. The van der Waals surface area contributed by atoms with Crippen LogP contribution in [0, 0.1) is 0 Å². The molecule has 1 aromatic heterocycles. The lowest BCUT2D eigenvalue weighted by Gasteiger charge is -2.09. The predicted octanol–water partition coefficient (Wildman–Crippen LogP) is 11.3. The third-order valence-corrected chi connectivity index (χ3v) is 8.35. The molecule has 0 fully saturated rings. The van der Waals surface area contributed by atoms with E-state index in [9.17, 15) is 0 Å². The van der Waals surface area contributed by atoms with Crippen LogP contribution in [0.3, 0.4) is 0 Å². The van der Waals surface area contributed by atoms with Crippen LogP contribution in [0.25, 0.3) is 66.1 Å². The van der Waals surface area contributed by atoms with Crippen molar-refractivity contribution in [3.63, 3.8) is 0 Å². The zero-order chi connectivity index (χ0) is 27.9. The van der Waals surface area contributed by atoms with Crippen LogP contribution >= 0.6 is 0 Å². The summed E-state index contributed by atoms with van der Waals surface area (Å²) in [4.78, 5) is 0. The summed E-state index contributed by atoms with van der Waals surface area (Å²) in [5, 5.41) is 4.88. The molecule has 0 radical (unpaired) electrons. The minimum atomic E-state index is 0.898. The Labute approximate surface area is 245 Å². The van der Waals surface area contributed by atoms with Crippen LogP contribution < -0.4 is 0 Å². The molecule has 0 saturated carbocycles. The van der Waals surface area contributed by atoms with Gasteiger partial charge in [-0.15, -0.1) is 0 Å². The van der Waals surface area contributed by atoms with Crippen molar-refractivity contribution in [3.05, 3.63) is 169 Å². The first-order valence-electron chi connectivity index (χ1n) is 14.5. The minimum absolute atomic E-state index is 0.898. The average Bonchev–Trinajstić information content (AvgIpc) is 3.44. The number of rotatable bonds is 5. The lowest BCUT2D eigenvalue weighted by atomic mass is 9.95. The number of fused-ring (bicyclic) bond motifs is 4. The Morgan fingerprint density at radius 3 is 1.62 bits per heavy atom. The van der Waals surface area contributed by atoms with Crippen molar-refractivity contribution in [2.75, 3.05) is 0 Å². The minimum Gasteiger partial charge on any atom is -0.455 e. The van der Waals surface area contributed by atoms with Gasteiger partial charge >= 0.3 is 0 Å². The van der Waals surface area contributed by atoms with E-state index in [1.54, 1.807) is 0 Å². The lowest BCUT2D eigenvalue weighted by Crippen LogP contribution is -1.89. The van der Waals surface area contributed by atoms with Gasteiger partial charge in [-0.2, -0.15) is 0 Å². The number of para-hydroxylation sites is 2. The van der Waals surface area contributed by atoms with Crippen LogP contribution in [-0.2, 0) is 6.42 Å². The van der Waals surface area contributed by atoms with Gasteiger partial charge in [0.1, 0.15) is 11.2 Å². The Morgan fingerprint density at radius 1 is 0.357 bits per heavy atom.